The zero-order valence-electron chi connectivity index (χ0n) is 16.5. The number of nitrogens with zero attached hydrogens (tertiary/aromatic N) is 3. The zero-order chi connectivity index (χ0) is 20.9. The maximum absolute atomic E-state index is 12.8. The number of benzene rings is 1. The SMILES string of the molecule is CC(C)N(Cc1ccccc1)C(=O)CSC1=C(C#N)C(C)(C)[C@H](C#N)C(=O)N1. The van der Waals surface area contributed by atoms with Crippen molar-refractivity contribution in [3.8, 4) is 12.1 Å². The summed E-state index contributed by atoms with van der Waals surface area (Å²) in [5.74, 6) is -1.36. The quantitative estimate of drug-likeness (QED) is 0.796. The number of carbonyl (C=O) groups is 2. The Labute approximate surface area is 170 Å². The van der Waals surface area contributed by atoms with E-state index >= 15 is 0 Å². The monoisotopic (exact) mass is 396 g/mol. The first-order chi connectivity index (χ1) is 13.2. The molecule has 7 heteroatoms. The summed E-state index contributed by atoms with van der Waals surface area (Å²) in [6, 6.07) is 13.8. The second kappa shape index (κ2) is 8.95. The molecular formula is C21H24N4O2S. The largest absolute Gasteiger partial charge is 0.335 e. The van der Waals surface area contributed by atoms with Crippen LogP contribution in [0.3, 0.4) is 0 Å². The van der Waals surface area contributed by atoms with Gasteiger partial charge >= 0.3 is 0 Å². The molecule has 1 N–H and O–H groups in total. The third-order valence-electron chi connectivity index (χ3n) is 4.81. The molecular weight excluding hydrogens is 372 g/mol. The van der Waals surface area contributed by atoms with Gasteiger partial charge in [-0.1, -0.05) is 55.9 Å². The fourth-order valence-electron chi connectivity index (χ4n) is 3.09. The van der Waals surface area contributed by atoms with Gasteiger partial charge in [-0.2, -0.15) is 10.5 Å². The van der Waals surface area contributed by atoms with Crippen LogP contribution in [-0.2, 0) is 16.1 Å². The van der Waals surface area contributed by atoms with Gasteiger partial charge in [-0.05, 0) is 19.4 Å². The molecule has 2 amide bonds. The van der Waals surface area contributed by atoms with E-state index in [1.54, 1.807) is 18.7 Å². The third kappa shape index (κ3) is 4.55. The number of hydrogen-bond acceptors (Lipinski definition) is 5. The molecule has 28 heavy (non-hydrogen) atoms. The topological polar surface area (TPSA) is 97.0 Å². The van der Waals surface area contributed by atoms with Crippen molar-refractivity contribution in [1.29, 1.82) is 10.5 Å². The first kappa shape index (κ1) is 21.5. The molecule has 0 fully saturated rings. The molecule has 0 unspecified atom stereocenters. The Bertz CT molecular complexity index is 863. The maximum atomic E-state index is 12.8. The van der Waals surface area contributed by atoms with Crippen LogP contribution in [0.25, 0.3) is 0 Å². The number of nitrogens with one attached hydrogen (secondary N) is 1. The summed E-state index contributed by atoms with van der Waals surface area (Å²) < 4.78 is 0. The van der Waals surface area contributed by atoms with Crippen LogP contribution < -0.4 is 5.32 Å². The van der Waals surface area contributed by atoms with Crippen molar-refractivity contribution in [1.82, 2.24) is 10.2 Å². The van der Waals surface area contributed by atoms with Crippen LogP contribution in [0.5, 0.6) is 0 Å². The lowest BCUT2D eigenvalue weighted by Gasteiger charge is -2.34. The van der Waals surface area contributed by atoms with Gasteiger partial charge in [-0.3, -0.25) is 9.59 Å². The third-order valence-corrected chi connectivity index (χ3v) is 5.80. The highest BCUT2D eigenvalue weighted by molar-refractivity contribution is 8.03. The highest BCUT2D eigenvalue weighted by atomic mass is 32.2. The van der Waals surface area contributed by atoms with Crippen LogP contribution in [0.1, 0.15) is 33.3 Å². The van der Waals surface area contributed by atoms with Gasteiger partial charge in [0.15, 0.2) is 0 Å². The van der Waals surface area contributed by atoms with Crippen molar-refractivity contribution in [2.24, 2.45) is 11.3 Å². The zero-order valence-corrected chi connectivity index (χ0v) is 17.3. The number of amides is 2. The van der Waals surface area contributed by atoms with Crippen molar-refractivity contribution in [3.63, 3.8) is 0 Å². The van der Waals surface area contributed by atoms with Gasteiger partial charge in [0, 0.05) is 18.0 Å². The van der Waals surface area contributed by atoms with Gasteiger partial charge in [0.05, 0.1) is 28.5 Å². The molecule has 1 aliphatic heterocycles. The fourth-order valence-corrected chi connectivity index (χ4v) is 4.15. The molecule has 0 bridgehead atoms. The van der Waals surface area contributed by atoms with Crippen LogP contribution in [0, 0.1) is 34.0 Å². The number of allylic oxidation sites excluding steroid dienone is 1. The number of carbonyl (C=O) groups excluding carboxylic acids is 2. The Morgan fingerprint density at radius 3 is 2.46 bits per heavy atom. The summed E-state index contributed by atoms with van der Waals surface area (Å²) in [7, 11) is 0. The minimum Gasteiger partial charge on any atom is -0.335 e. The van der Waals surface area contributed by atoms with Crippen LogP contribution >= 0.6 is 11.8 Å². The molecule has 2 rings (SSSR count). The van der Waals surface area contributed by atoms with Gasteiger partial charge < -0.3 is 10.2 Å². The Morgan fingerprint density at radius 2 is 1.93 bits per heavy atom. The van der Waals surface area contributed by atoms with Crippen LogP contribution in [0.15, 0.2) is 40.9 Å². The minimum atomic E-state index is -0.938. The summed E-state index contributed by atoms with van der Waals surface area (Å²) in [5, 5.41) is 21.9. The van der Waals surface area contributed by atoms with Crippen LogP contribution in [0.2, 0.25) is 0 Å². The Balaban J connectivity index is 2.17. The predicted molar refractivity (Wildman–Crippen MR) is 108 cm³/mol. The Kier molecular flexibility index (Phi) is 6.88. The molecule has 0 saturated carbocycles. The molecule has 0 radical (unpaired) electrons. The van der Waals surface area contributed by atoms with E-state index in [4.69, 9.17) is 0 Å². The number of nitriles is 2. The summed E-state index contributed by atoms with van der Waals surface area (Å²) >= 11 is 1.14. The Hall–Kier alpha value is -2.77. The van der Waals surface area contributed by atoms with Gasteiger partial charge in [0.25, 0.3) is 0 Å². The van der Waals surface area contributed by atoms with E-state index in [0.717, 1.165) is 17.3 Å². The summed E-state index contributed by atoms with van der Waals surface area (Å²) in [5.41, 5.74) is 0.463. The van der Waals surface area contributed by atoms with E-state index in [1.165, 1.54) is 0 Å². The molecule has 1 heterocycles. The van der Waals surface area contributed by atoms with Crippen molar-refractivity contribution in [2.75, 3.05) is 5.75 Å². The second-order valence-electron chi connectivity index (χ2n) is 7.48. The summed E-state index contributed by atoms with van der Waals surface area (Å²) in [6.07, 6.45) is 0. The molecule has 1 aromatic rings. The van der Waals surface area contributed by atoms with Gasteiger partial charge in [-0.25, -0.2) is 0 Å². The molecule has 0 spiro atoms. The van der Waals surface area contributed by atoms with Crippen LogP contribution in [0.4, 0.5) is 0 Å². The van der Waals surface area contributed by atoms with E-state index in [2.05, 4.69) is 11.4 Å². The van der Waals surface area contributed by atoms with Gasteiger partial charge in [0.2, 0.25) is 11.8 Å². The average molecular weight is 397 g/mol. The lowest BCUT2D eigenvalue weighted by atomic mass is 9.72. The predicted octanol–water partition coefficient (Wildman–Crippen LogP) is 3.19. The highest BCUT2D eigenvalue weighted by Crippen LogP contribution is 2.41. The lowest BCUT2D eigenvalue weighted by molar-refractivity contribution is -0.130. The first-order valence-electron chi connectivity index (χ1n) is 9.03. The molecule has 0 saturated heterocycles. The highest BCUT2D eigenvalue weighted by Gasteiger charge is 2.44. The number of rotatable bonds is 6. The minimum absolute atomic E-state index is 0.0121. The normalized spacial score (nSPS) is 18.2. The first-order valence-corrected chi connectivity index (χ1v) is 10.0. The van der Waals surface area contributed by atoms with E-state index in [0.29, 0.717) is 17.1 Å². The molecule has 1 atom stereocenters. The Morgan fingerprint density at radius 1 is 1.29 bits per heavy atom. The van der Waals surface area contributed by atoms with Gasteiger partial charge in [-0.15, -0.1) is 0 Å². The van der Waals surface area contributed by atoms with Crippen molar-refractivity contribution < 1.29 is 9.59 Å². The average Bonchev–Trinajstić information content (AvgIpc) is 2.64. The van der Waals surface area contributed by atoms with Crippen LogP contribution in [-0.4, -0.2) is 28.5 Å². The molecule has 0 aromatic heterocycles. The molecule has 1 aliphatic rings. The number of hydrogen-bond donors (Lipinski definition) is 1. The standard InChI is InChI=1S/C21H24N4O2S/c1-14(2)25(12-15-8-6-5-7-9-15)18(26)13-28-20-17(11-23)21(3,4)16(10-22)19(27)24-20/h5-9,14,16H,12-13H2,1-4H3,(H,24,27)/t16-/m1/s1. The molecule has 0 aliphatic carbocycles. The van der Waals surface area contributed by atoms with E-state index in [1.807, 2.05) is 50.2 Å². The van der Waals surface area contributed by atoms with Crippen molar-refractivity contribution in [3.05, 3.63) is 46.5 Å². The molecule has 1 aromatic carbocycles. The molecule has 146 valence electrons. The molecule has 6 nitrogen and oxygen atoms in total. The van der Waals surface area contributed by atoms with Crippen molar-refractivity contribution >= 4 is 23.6 Å². The van der Waals surface area contributed by atoms with E-state index in [-0.39, 0.29) is 17.7 Å². The summed E-state index contributed by atoms with van der Waals surface area (Å²) in [6.45, 7) is 7.81. The van der Waals surface area contributed by atoms with E-state index < -0.39 is 17.2 Å². The van der Waals surface area contributed by atoms with E-state index in [9.17, 15) is 20.1 Å². The number of thioether (sulfide) groups is 1. The second-order valence-corrected chi connectivity index (χ2v) is 8.46. The van der Waals surface area contributed by atoms with Gasteiger partial charge in [0.1, 0.15) is 5.92 Å². The smallest absolute Gasteiger partial charge is 0.243 e. The summed E-state index contributed by atoms with van der Waals surface area (Å²) in [4.78, 5) is 26.8. The fraction of sp³-hybridized carbons (Fsp3) is 0.429. The maximum Gasteiger partial charge on any atom is 0.243 e. The van der Waals surface area contributed by atoms with Crippen molar-refractivity contribution in [2.45, 2.75) is 40.3 Å². The lowest BCUT2D eigenvalue weighted by Crippen LogP contribution is -2.45.